The average molecular weight is 461 g/mol. The molecule has 1 N–H and O–H groups in total. The number of thioether (sulfide) groups is 1. The largest absolute Gasteiger partial charge is 0.476 e. The summed E-state index contributed by atoms with van der Waals surface area (Å²) in [6.07, 6.45) is 4.24. The van der Waals surface area contributed by atoms with E-state index in [1.54, 1.807) is 36.4 Å². The van der Waals surface area contributed by atoms with Gasteiger partial charge in [0.25, 0.3) is 5.91 Å². The van der Waals surface area contributed by atoms with Gasteiger partial charge in [-0.05, 0) is 30.5 Å². The number of nitrogens with zero attached hydrogens (tertiary/aromatic N) is 1. The van der Waals surface area contributed by atoms with Gasteiger partial charge in [-0.2, -0.15) is 11.8 Å². The van der Waals surface area contributed by atoms with Crippen molar-refractivity contribution in [3.8, 4) is 5.75 Å². The quantitative estimate of drug-likeness (QED) is 0.610. The molecule has 2 aliphatic rings. The van der Waals surface area contributed by atoms with Crippen molar-refractivity contribution in [1.82, 2.24) is 5.32 Å². The lowest BCUT2D eigenvalue weighted by molar-refractivity contribution is -0.127. The van der Waals surface area contributed by atoms with E-state index in [9.17, 15) is 13.2 Å². The summed E-state index contributed by atoms with van der Waals surface area (Å²) < 4.78 is 33.6. The van der Waals surface area contributed by atoms with E-state index < -0.39 is 16.1 Å². The van der Waals surface area contributed by atoms with Crippen LogP contribution in [0.5, 0.6) is 5.75 Å². The van der Waals surface area contributed by atoms with Crippen LogP contribution < -0.4 is 14.4 Å². The molecule has 1 fully saturated rings. The second-order valence-electron chi connectivity index (χ2n) is 7.92. The maximum absolute atomic E-state index is 13.2. The highest BCUT2D eigenvalue weighted by molar-refractivity contribution is 7.99. The molecule has 0 radical (unpaired) electrons. The van der Waals surface area contributed by atoms with Crippen molar-refractivity contribution in [3.63, 3.8) is 0 Å². The monoisotopic (exact) mass is 460 g/mol. The first-order valence-corrected chi connectivity index (χ1v) is 13.4. The van der Waals surface area contributed by atoms with Crippen molar-refractivity contribution in [1.29, 1.82) is 0 Å². The minimum absolute atomic E-state index is 0.0339. The van der Waals surface area contributed by atoms with Crippen molar-refractivity contribution in [2.75, 3.05) is 23.1 Å². The van der Waals surface area contributed by atoms with Crippen LogP contribution >= 0.6 is 11.8 Å². The van der Waals surface area contributed by atoms with Crippen molar-refractivity contribution in [3.05, 3.63) is 60.2 Å². The van der Waals surface area contributed by atoms with Gasteiger partial charge in [-0.25, -0.2) is 8.42 Å². The minimum Gasteiger partial charge on any atom is -0.476 e. The molecule has 1 amide bonds. The van der Waals surface area contributed by atoms with Gasteiger partial charge in [0.1, 0.15) is 5.75 Å². The van der Waals surface area contributed by atoms with Crippen LogP contribution in [0.3, 0.4) is 0 Å². The van der Waals surface area contributed by atoms with Gasteiger partial charge in [-0.3, -0.25) is 9.10 Å². The van der Waals surface area contributed by atoms with Crippen molar-refractivity contribution < 1.29 is 17.9 Å². The van der Waals surface area contributed by atoms with Crippen LogP contribution in [0.4, 0.5) is 5.69 Å². The van der Waals surface area contributed by atoms with Crippen LogP contribution in [-0.2, 0) is 20.6 Å². The number of nitrogens with one attached hydrogen (secondary N) is 1. The van der Waals surface area contributed by atoms with E-state index in [-0.39, 0.29) is 18.2 Å². The summed E-state index contributed by atoms with van der Waals surface area (Å²) >= 11 is 1.91. The molecule has 0 bridgehead atoms. The lowest BCUT2D eigenvalue weighted by atomic mass is 10.2. The number of amides is 1. The zero-order valence-corrected chi connectivity index (χ0v) is 19.0. The van der Waals surface area contributed by atoms with Crippen molar-refractivity contribution in [2.45, 2.75) is 42.8 Å². The molecule has 2 aromatic rings. The van der Waals surface area contributed by atoms with Crippen molar-refractivity contribution in [2.24, 2.45) is 0 Å². The third-order valence-electron chi connectivity index (χ3n) is 5.61. The van der Waals surface area contributed by atoms with Gasteiger partial charge in [0.2, 0.25) is 10.0 Å². The average Bonchev–Trinajstić information content (AvgIpc) is 3.30. The summed E-state index contributed by atoms with van der Waals surface area (Å²) in [7, 11) is -3.68. The number of anilines is 1. The molecule has 0 aromatic heterocycles. The first kappa shape index (κ1) is 22.0. The highest BCUT2D eigenvalue weighted by atomic mass is 32.2. The molecule has 1 unspecified atom stereocenters. The summed E-state index contributed by atoms with van der Waals surface area (Å²) in [6, 6.07) is 16.0. The molecule has 6 nitrogen and oxygen atoms in total. The van der Waals surface area contributed by atoms with Crippen LogP contribution in [0.1, 0.15) is 31.2 Å². The summed E-state index contributed by atoms with van der Waals surface area (Å²) in [5, 5.41) is 3.62. The van der Waals surface area contributed by atoms with Gasteiger partial charge in [-0.1, -0.05) is 55.3 Å². The normalized spacial score (nSPS) is 19.0. The predicted octanol–water partition coefficient (Wildman–Crippen LogP) is 3.58. The zero-order valence-electron chi connectivity index (χ0n) is 17.4. The highest BCUT2D eigenvalue weighted by Gasteiger charge is 2.36. The number of fused-ring (bicyclic) bond motifs is 1. The summed E-state index contributed by atoms with van der Waals surface area (Å²) in [5.74, 6) is 0.858. The Kier molecular flexibility index (Phi) is 7.07. The second-order valence-corrected chi connectivity index (χ2v) is 11.2. The smallest absolute Gasteiger partial charge is 0.263 e. The van der Waals surface area contributed by atoms with E-state index in [4.69, 9.17) is 4.74 Å². The SMILES string of the molecule is O=C(NCCSC1CCCC1)C1CN(S(=O)(=O)Cc2ccccc2)c2ccccc2O1. The van der Waals surface area contributed by atoms with Crippen LogP contribution in [0.25, 0.3) is 0 Å². The molecule has 4 rings (SSSR count). The molecular formula is C23H28N2O4S2. The molecule has 31 heavy (non-hydrogen) atoms. The van der Waals surface area contributed by atoms with Gasteiger partial charge in [0.05, 0.1) is 18.0 Å². The Labute approximate surface area is 188 Å². The number of para-hydroxylation sites is 2. The molecule has 8 heteroatoms. The Hall–Kier alpha value is -2.19. The van der Waals surface area contributed by atoms with Crippen LogP contribution in [-0.4, -0.2) is 44.5 Å². The lowest BCUT2D eigenvalue weighted by Gasteiger charge is -2.34. The van der Waals surface area contributed by atoms with Gasteiger partial charge in [0, 0.05) is 17.5 Å². The zero-order chi connectivity index (χ0) is 21.7. The maximum Gasteiger partial charge on any atom is 0.263 e. The van der Waals surface area contributed by atoms with E-state index in [0.29, 0.717) is 28.8 Å². The molecule has 166 valence electrons. The van der Waals surface area contributed by atoms with Crippen LogP contribution in [0.15, 0.2) is 54.6 Å². The third-order valence-corrected chi connectivity index (χ3v) is 8.71. The van der Waals surface area contributed by atoms with E-state index in [1.165, 1.54) is 30.0 Å². The fourth-order valence-electron chi connectivity index (χ4n) is 4.03. The molecular weight excluding hydrogens is 432 g/mol. The molecule has 2 aromatic carbocycles. The molecule has 1 heterocycles. The molecule has 1 aliphatic heterocycles. The van der Waals surface area contributed by atoms with E-state index >= 15 is 0 Å². The number of ether oxygens (including phenoxy) is 1. The fourth-order valence-corrected chi connectivity index (χ4v) is 6.84. The predicted molar refractivity (Wildman–Crippen MR) is 125 cm³/mol. The summed E-state index contributed by atoms with van der Waals surface area (Å²) in [4.78, 5) is 12.8. The standard InChI is InChI=1S/C23H28N2O4S2/c26-23(24-14-15-30-19-10-4-5-11-19)22-16-25(20-12-6-7-13-21(20)29-22)31(27,28)17-18-8-2-1-3-9-18/h1-3,6-9,12-13,19,22H,4-5,10-11,14-17H2,(H,24,26). The first-order valence-electron chi connectivity index (χ1n) is 10.7. The molecule has 0 saturated heterocycles. The number of benzene rings is 2. The van der Waals surface area contributed by atoms with Crippen LogP contribution in [0, 0.1) is 0 Å². The Bertz CT molecular complexity index is 992. The van der Waals surface area contributed by atoms with Gasteiger partial charge in [0.15, 0.2) is 6.10 Å². The Morgan fingerprint density at radius 1 is 1.06 bits per heavy atom. The molecule has 1 atom stereocenters. The fraction of sp³-hybridized carbons (Fsp3) is 0.435. The summed E-state index contributed by atoms with van der Waals surface area (Å²) in [6.45, 7) is 0.520. The number of hydrogen-bond donors (Lipinski definition) is 1. The maximum atomic E-state index is 13.2. The Morgan fingerprint density at radius 2 is 1.77 bits per heavy atom. The van der Waals surface area contributed by atoms with Crippen LogP contribution in [0.2, 0.25) is 0 Å². The number of sulfonamides is 1. The van der Waals surface area contributed by atoms with Gasteiger partial charge in [-0.15, -0.1) is 0 Å². The first-order chi connectivity index (χ1) is 15.0. The third kappa shape index (κ3) is 5.54. The Morgan fingerprint density at radius 3 is 2.55 bits per heavy atom. The number of hydrogen-bond acceptors (Lipinski definition) is 5. The van der Waals surface area contributed by atoms with E-state index in [0.717, 1.165) is 5.75 Å². The lowest BCUT2D eigenvalue weighted by Crippen LogP contribution is -2.51. The van der Waals surface area contributed by atoms with Crippen molar-refractivity contribution >= 4 is 33.4 Å². The minimum atomic E-state index is -3.68. The van der Waals surface area contributed by atoms with E-state index in [2.05, 4.69) is 5.32 Å². The number of carbonyl (C=O) groups is 1. The number of carbonyl (C=O) groups excluding carboxylic acids is 1. The highest BCUT2D eigenvalue weighted by Crippen LogP contribution is 2.35. The van der Waals surface area contributed by atoms with Gasteiger partial charge < -0.3 is 10.1 Å². The molecule has 0 spiro atoms. The summed E-state index contributed by atoms with van der Waals surface area (Å²) in [5.41, 5.74) is 1.18. The molecule has 1 saturated carbocycles. The Balaban J connectivity index is 1.43. The number of rotatable bonds is 8. The van der Waals surface area contributed by atoms with Gasteiger partial charge >= 0.3 is 0 Å². The topological polar surface area (TPSA) is 75.7 Å². The second kappa shape index (κ2) is 9.96. The molecule has 1 aliphatic carbocycles. The van der Waals surface area contributed by atoms with E-state index in [1.807, 2.05) is 30.0 Å².